The molecule has 0 radical (unpaired) electrons. The van der Waals surface area contributed by atoms with Gasteiger partial charge in [-0.2, -0.15) is 0 Å². The molecule has 0 spiro atoms. The van der Waals surface area contributed by atoms with Crippen molar-refractivity contribution >= 4 is 21.6 Å². The molecule has 4 N–H and O–H groups in total. The normalized spacial score (nSPS) is 20.0. The number of hydrogen-bond donors (Lipinski definition) is 2. The summed E-state index contributed by atoms with van der Waals surface area (Å²) in [6.45, 7) is 0.700. The van der Waals surface area contributed by atoms with Crippen molar-refractivity contribution < 1.29 is 13.2 Å². The van der Waals surface area contributed by atoms with Crippen LogP contribution < -0.4 is 15.8 Å². The minimum atomic E-state index is -3.56. The van der Waals surface area contributed by atoms with Gasteiger partial charge >= 0.3 is 0 Å². The zero-order valence-electron chi connectivity index (χ0n) is 10.5. The molecule has 1 atom stereocenters. The number of rotatable bonds is 4. The molecule has 1 heterocycles. The summed E-state index contributed by atoms with van der Waals surface area (Å²) in [4.78, 5) is 13.6. The number of anilines is 1. The second kappa shape index (κ2) is 5.28. The van der Waals surface area contributed by atoms with Crippen LogP contribution >= 0.6 is 0 Å². The van der Waals surface area contributed by atoms with Gasteiger partial charge in [0.05, 0.1) is 5.75 Å². The van der Waals surface area contributed by atoms with E-state index >= 15 is 0 Å². The lowest BCUT2D eigenvalue weighted by molar-refractivity contribution is -0.117. The van der Waals surface area contributed by atoms with Crippen molar-refractivity contribution in [2.75, 3.05) is 17.2 Å². The van der Waals surface area contributed by atoms with Crippen LogP contribution in [0.1, 0.15) is 12.0 Å². The molecule has 0 aromatic heterocycles. The molecule has 0 aliphatic carbocycles. The van der Waals surface area contributed by atoms with E-state index in [0.29, 0.717) is 13.1 Å². The SMILES string of the molecule is NCc1ccccc1N1CC(CS(N)(=O)=O)CC1=O. The number of nitrogens with zero attached hydrogens (tertiary/aromatic N) is 1. The fourth-order valence-electron chi connectivity index (χ4n) is 2.40. The largest absolute Gasteiger partial charge is 0.326 e. The Morgan fingerprint density at radius 1 is 1.32 bits per heavy atom. The molecule has 1 aromatic rings. The van der Waals surface area contributed by atoms with Crippen molar-refractivity contribution in [1.29, 1.82) is 0 Å². The molecule has 1 fully saturated rings. The summed E-state index contributed by atoms with van der Waals surface area (Å²) < 4.78 is 22.2. The van der Waals surface area contributed by atoms with E-state index < -0.39 is 10.0 Å². The third-order valence-electron chi connectivity index (χ3n) is 3.18. The number of primary sulfonamides is 1. The molecule has 2 rings (SSSR count). The fraction of sp³-hybridized carbons (Fsp3) is 0.417. The average Bonchev–Trinajstić information content (AvgIpc) is 2.67. The van der Waals surface area contributed by atoms with Gasteiger partial charge in [0.25, 0.3) is 0 Å². The second-order valence-corrected chi connectivity index (χ2v) is 6.40. The zero-order valence-corrected chi connectivity index (χ0v) is 11.3. The maximum atomic E-state index is 12.0. The smallest absolute Gasteiger partial charge is 0.227 e. The molecule has 6 nitrogen and oxygen atoms in total. The van der Waals surface area contributed by atoms with E-state index in [1.54, 1.807) is 4.90 Å². The molecule has 1 aliphatic rings. The van der Waals surface area contributed by atoms with Crippen LogP contribution in [0.2, 0.25) is 0 Å². The highest BCUT2D eigenvalue weighted by atomic mass is 32.2. The van der Waals surface area contributed by atoms with Crippen LogP contribution in [-0.4, -0.2) is 26.6 Å². The Hall–Kier alpha value is -1.44. The standard InChI is InChI=1S/C12H17N3O3S/c13-6-10-3-1-2-4-11(10)15-7-9(5-12(15)16)8-19(14,17)18/h1-4,9H,5-8,13H2,(H2,14,17,18). The maximum Gasteiger partial charge on any atom is 0.227 e. The van der Waals surface area contributed by atoms with Crippen LogP contribution in [0.3, 0.4) is 0 Å². The van der Waals surface area contributed by atoms with Gasteiger partial charge < -0.3 is 10.6 Å². The number of carbonyl (C=O) groups excluding carboxylic acids is 1. The van der Waals surface area contributed by atoms with Crippen LogP contribution in [0, 0.1) is 5.92 Å². The Bertz CT molecular complexity index is 586. The van der Waals surface area contributed by atoms with E-state index in [9.17, 15) is 13.2 Å². The van der Waals surface area contributed by atoms with Crippen molar-refractivity contribution in [2.24, 2.45) is 16.8 Å². The third kappa shape index (κ3) is 3.31. The summed E-state index contributed by atoms with van der Waals surface area (Å²) in [7, 11) is -3.56. The number of sulfonamides is 1. The van der Waals surface area contributed by atoms with Crippen LogP contribution in [0.15, 0.2) is 24.3 Å². The van der Waals surface area contributed by atoms with Crippen molar-refractivity contribution in [1.82, 2.24) is 0 Å². The van der Waals surface area contributed by atoms with Gasteiger partial charge in [-0.3, -0.25) is 4.79 Å². The molecule has 104 valence electrons. The van der Waals surface area contributed by atoms with Crippen LogP contribution in [0.4, 0.5) is 5.69 Å². The van der Waals surface area contributed by atoms with Gasteiger partial charge in [-0.15, -0.1) is 0 Å². The summed E-state index contributed by atoms with van der Waals surface area (Å²) in [6, 6.07) is 7.36. The van der Waals surface area contributed by atoms with Crippen LogP contribution in [0.25, 0.3) is 0 Å². The minimum Gasteiger partial charge on any atom is -0.326 e. The maximum absolute atomic E-state index is 12.0. The first-order valence-corrected chi connectivity index (χ1v) is 7.71. The van der Waals surface area contributed by atoms with Gasteiger partial charge in [0.1, 0.15) is 0 Å². The molecule has 19 heavy (non-hydrogen) atoms. The molecule has 1 saturated heterocycles. The molecule has 0 bridgehead atoms. The Balaban J connectivity index is 2.20. The highest BCUT2D eigenvalue weighted by molar-refractivity contribution is 7.89. The zero-order chi connectivity index (χ0) is 14.0. The van der Waals surface area contributed by atoms with Crippen molar-refractivity contribution in [3.8, 4) is 0 Å². The number of carbonyl (C=O) groups is 1. The van der Waals surface area contributed by atoms with E-state index in [-0.39, 0.29) is 24.0 Å². The van der Waals surface area contributed by atoms with Gasteiger partial charge in [0.2, 0.25) is 15.9 Å². The Morgan fingerprint density at radius 3 is 2.63 bits per heavy atom. The lowest BCUT2D eigenvalue weighted by Crippen LogP contribution is -2.28. The fourth-order valence-corrected chi connectivity index (χ4v) is 3.28. The van der Waals surface area contributed by atoms with Gasteiger partial charge in [0, 0.05) is 31.1 Å². The predicted octanol–water partition coefficient (Wildman–Crippen LogP) is -0.213. The van der Waals surface area contributed by atoms with Crippen LogP contribution in [-0.2, 0) is 21.4 Å². The molecule has 1 aliphatic heterocycles. The predicted molar refractivity (Wildman–Crippen MR) is 72.8 cm³/mol. The topological polar surface area (TPSA) is 106 Å². The van der Waals surface area contributed by atoms with Crippen molar-refractivity contribution in [3.63, 3.8) is 0 Å². The van der Waals surface area contributed by atoms with Crippen molar-refractivity contribution in [3.05, 3.63) is 29.8 Å². The van der Waals surface area contributed by atoms with E-state index in [1.807, 2.05) is 24.3 Å². The Labute approximate surface area is 112 Å². The molecular weight excluding hydrogens is 266 g/mol. The quantitative estimate of drug-likeness (QED) is 0.797. The van der Waals surface area contributed by atoms with E-state index in [4.69, 9.17) is 10.9 Å². The first kappa shape index (κ1) is 14.0. The van der Waals surface area contributed by atoms with Gasteiger partial charge in [0.15, 0.2) is 0 Å². The number of para-hydroxylation sites is 1. The van der Waals surface area contributed by atoms with Crippen LogP contribution in [0.5, 0.6) is 0 Å². The Kier molecular flexibility index (Phi) is 3.88. The molecule has 1 aromatic carbocycles. The van der Waals surface area contributed by atoms with Gasteiger partial charge in [-0.05, 0) is 11.6 Å². The Morgan fingerprint density at radius 2 is 2.00 bits per heavy atom. The van der Waals surface area contributed by atoms with Crippen molar-refractivity contribution in [2.45, 2.75) is 13.0 Å². The van der Waals surface area contributed by atoms with E-state index in [0.717, 1.165) is 11.3 Å². The highest BCUT2D eigenvalue weighted by Crippen LogP contribution is 2.28. The number of amides is 1. The molecule has 1 amide bonds. The highest BCUT2D eigenvalue weighted by Gasteiger charge is 2.33. The lowest BCUT2D eigenvalue weighted by Gasteiger charge is -2.19. The minimum absolute atomic E-state index is 0.0884. The average molecular weight is 283 g/mol. The first-order chi connectivity index (χ1) is 8.90. The third-order valence-corrected chi connectivity index (χ3v) is 4.11. The van der Waals surface area contributed by atoms with Gasteiger partial charge in [-0.1, -0.05) is 18.2 Å². The number of benzene rings is 1. The molecular formula is C12H17N3O3S. The number of nitrogens with two attached hydrogens (primary N) is 2. The van der Waals surface area contributed by atoms with E-state index in [2.05, 4.69) is 0 Å². The summed E-state index contributed by atoms with van der Waals surface area (Å²) in [6.07, 6.45) is 0.204. The summed E-state index contributed by atoms with van der Waals surface area (Å²) in [5.41, 5.74) is 7.27. The number of hydrogen-bond acceptors (Lipinski definition) is 4. The summed E-state index contributed by atoms with van der Waals surface area (Å²) >= 11 is 0. The molecule has 7 heteroatoms. The monoisotopic (exact) mass is 283 g/mol. The first-order valence-electron chi connectivity index (χ1n) is 5.99. The molecule has 0 saturated carbocycles. The van der Waals surface area contributed by atoms with Gasteiger partial charge in [-0.25, -0.2) is 13.6 Å². The lowest BCUT2D eigenvalue weighted by atomic mass is 10.1. The molecule has 1 unspecified atom stereocenters. The second-order valence-electron chi connectivity index (χ2n) is 4.74. The summed E-state index contributed by atoms with van der Waals surface area (Å²) in [5.74, 6) is -0.511. The summed E-state index contributed by atoms with van der Waals surface area (Å²) in [5, 5.41) is 5.02. The van der Waals surface area contributed by atoms with E-state index in [1.165, 1.54) is 0 Å².